The number of esters is 3. The molecule has 4 saturated heterocycles. The number of carbonyl (C=O) groups excluding carboxylic acids is 4. The maximum Gasteiger partial charge on any atom is 0.509 e. The van der Waals surface area contributed by atoms with Crippen LogP contribution in [0.25, 0.3) is 10.9 Å². The van der Waals surface area contributed by atoms with Gasteiger partial charge >= 0.3 is 24.1 Å². The average Bonchev–Trinajstić information content (AvgIpc) is 2.97. The number of cyclic esters (lactones) is 1. The lowest BCUT2D eigenvalue weighted by Gasteiger charge is -2.49. The number of ether oxygens (including phenoxy) is 11. The van der Waals surface area contributed by atoms with Crippen molar-refractivity contribution in [1.82, 2.24) is 19.7 Å². The van der Waals surface area contributed by atoms with Crippen molar-refractivity contribution >= 4 is 46.7 Å². The van der Waals surface area contributed by atoms with Crippen molar-refractivity contribution < 1.29 is 76.4 Å². The van der Waals surface area contributed by atoms with Crippen LogP contribution in [-0.4, -0.2) is 201 Å². The fraction of sp³-hybridized carbons (Fsp3) is 0.787. The Morgan fingerprint density at radius 3 is 2.33 bits per heavy atom. The van der Waals surface area contributed by atoms with Gasteiger partial charge in [0.15, 0.2) is 30.4 Å². The van der Waals surface area contributed by atoms with Crippen LogP contribution < -0.4 is 10.7 Å². The zero-order valence-electron chi connectivity index (χ0n) is 52.2. The van der Waals surface area contributed by atoms with Crippen molar-refractivity contribution in [2.75, 3.05) is 66.9 Å². The first-order chi connectivity index (χ1) is 39.1. The topological polar surface area (TPSA) is 231 Å². The van der Waals surface area contributed by atoms with Crippen LogP contribution in [0.15, 0.2) is 28.0 Å². The van der Waals surface area contributed by atoms with Gasteiger partial charge in [-0.25, -0.2) is 9.59 Å². The minimum atomic E-state index is -1.63. The number of hydrogen-bond acceptors (Lipinski definition) is 21. The number of likely N-dealkylation sites (N-methyl/N-ethyl adjacent to an activating group) is 2. The molecule has 4 fully saturated rings. The smallest absolute Gasteiger partial charge is 0.462 e. The average molecular weight is 1190 g/mol. The monoisotopic (exact) mass is 1190 g/mol. The fourth-order valence-electron chi connectivity index (χ4n) is 13.6. The number of pyridine rings is 1. The summed E-state index contributed by atoms with van der Waals surface area (Å²) in [7, 11) is 7.35. The normalized spacial score (nSPS) is 37.4. The number of methoxy groups -OCH3 is 1. The summed E-state index contributed by atoms with van der Waals surface area (Å²) in [5, 5.41) is 17.1. The molecular formula is C61H96N4O17S. The summed E-state index contributed by atoms with van der Waals surface area (Å²) in [5.74, 6) is -3.08. The Balaban J connectivity index is 1.10. The zero-order valence-corrected chi connectivity index (χ0v) is 53.0. The van der Waals surface area contributed by atoms with E-state index in [9.17, 15) is 29.1 Å². The lowest BCUT2D eigenvalue weighted by atomic mass is 9.77. The van der Waals surface area contributed by atoms with Gasteiger partial charge in [0.1, 0.15) is 17.8 Å². The van der Waals surface area contributed by atoms with Crippen LogP contribution in [0.3, 0.4) is 0 Å². The van der Waals surface area contributed by atoms with Crippen molar-refractivity contribution in [2.45, 2.75) is 230 Å². The molecule has 0 spiro atoms. The Morgan fingerprint density at radius 2 is 1.66 bits per heavy atom. The first-order valence-corrected chi connectivity index (χ1v) is 30.9. The van der Waals surface area contributed by atoms with Gasteiger partial charge in [0.05, 0.1) is 66.3 Å². The van der Waals surface area contributed by atoms with E-state index in [0.717, 1.165) is 28.8 Å². The largest absolute Gasteiger partial charge is 0.509 e. The molecule has 468 valence electrons. The van der Waals surface area contributed by atoms with Crippen molar-refractivity contribution in [3.63, 3.8) is 0 Å². The molecular weight excluding hydrogens is 1090 g/mol. The van der Waals surface area contributed by atoms with Crippen LogP contribution in [-0.2, 0) is 68.1 Å². The van der Waals surface area contributed by atoms with Gasteiger partial charge in [-0.05, 0) is 139 Å². The number of rotatable bonds is 18. The molecule has 5 aliphatic rings. The number of thioether (sulfide) groups is 1. The van der Waals surface area contributed by atoms with Crippen LogP contribution in [0.5, 0.6) is 0 Å². The number of nitrogens with one attached hydrogen (secondary N) is 1. The summed E-state index contributed by atoms with van der Waals surface area (Å²) in [6, 6.07) is 3.50. The van der Waals surface area contributed by atoms with Crippen LogP contribution in [0, 0.1) is 17.8 Å². The predicted octanol–water partition coefficient (Wildman–Crippen LogP) is 7.06. The highest BCUT2D eigenvalue weighted by Crippen LogP contribution is 2.43. The van der Waals surface area contributed by atoms with E-state index in [4.69, 9.17) is 52.1 Å². The predicted molar refractivity (Wildman–Crippen MR) is 311 cm³/mol. The van der Waals surface area contributed by atoms with E-state index in [-0.39, 0.29) is 54.5 Å². The first kappa shape index (κ1) is 66.6. The van der Waals surface area contributed by atoms with E-state index in [2.05, 4.69) is 23.2 Å². The van der Waals surface area contributed by atoms with E-state index in [1.165, 1.54) is 6.92 Å². The summed E-state index contributed by atoms with van der Waals surface area (Å²) in [6.07, 6.45) is -4.54. The van der Waals surface area contributed by atoms with Gasteiger partial charge in [0.25, 0.3) is 0 Å². The highest BCUT2D eigenvalue weighted by Gasteiger charge is 2.59. The highest BCUT2D eigenvalue weighted by atomic mass is 32.2. The molecule has 1 aromatic heterocycles. The van der Waals surface area contributed by atoms with Gasteiger partial charge in [-0.15, -0.1) is 11.8 Å². The molecule has 21 nitrogen and oxygen atoms in total. The Labute approximate surface area is 495 Å². The molecule has 19 atom stereocenters. The third-order valence-electron chi connectivity index (χ3n) is 18.0. The Morgan fingerprint density at radius 1 is 0.940 bits per heavy atom. The van der Waals surface area contributed by atoms with Gasteiger partial charge in [0, 0.05) is 80.3 Å². The molecule has 0 amide bonds. The lowest BCUT2D eigenvalue weighted by Crippen LogP contribution is -2.61. The summed E-state index contributed by atoms with van der Waals surface area (Å²) in [4.78, 5) is 72.2. The maximum atomic E-state index is 15.0. The van der Waals surface area contributed by atoms with Crippen molar-refractivity contribution in [3.8, 4) is 0 Å². The number of benzene rings is 1. The van der Waals surface area contributed by atoms with Crippen LogP contribution in [0.2, 0.25) is 0 Å². The van der Waals surface area contributed by atoms with Crippen LogP contribution in [0.1, 0.15) is 144 Å². The van der Waals surface area contributed by atoms with Gasteiger partial charge in [-0.2, -0.15) is 0 Å². The third-order valence-corrected chi connectivity index (χ3v) is 19.0. The van der Waals surface area contributed by atoms with E-state index < -0.39 is 114 Å². The van der Waals surface area contributed by atoms with Crippen LogP contribution in [0.4, 0.5) is 4.79 Å². The van der Waals surface area contributed by atoms with E-state index in [1.54, 1.807) is 52.8 Å². The molecule has 7 rings (SSSR count). The lowest BCUT2D eigenvalue weighted by molar-refractivity contribution is -0.321. The molecule has 1 aromatic carbocycles. The molecule has 0 radical (unpaired) electrons. The Hall–Kier alpha value is -3.94. The highest BCUT2D eigenvalue weighted by molar-refractivity contribution is 7.99. The van der Waals surface area contributed by atoms with Crippen molar-refractivity contribution in [3.05, 3.63) is 39.7 Å². The summed E-state index contributed by atoms with van der Waals surface area (Å²) in [6.45, 7) is 25.9. The molecule has 6 heterocycles. The Bertz CT molecular complexity index is 2640. The molecule has 2 N–H and O–H groups in total. The molecule has 0 saturated carbocycles. The second kappa shape index (κ2) is 27.8. The number of aromatic nitrogens is 1. The SMILES string of the molecule is CCOC(=O)c1cn2c3c(cc(SCCNCCO[C@H]4[C@H](C)OC(O[C@H]5[C@H](C)[C@@H](O[C@@H]6O[C@H](C)C[C@H](N(C)C)[C@H]6OC(C)=O)[C@](C)(O)C[C@@H](C)CN(C)[C@H](C)[C@@H]6OC(=O)O[C@]6(C)[C@@H](CC)OC(=O)[C@@H]5C)C[C@@]4(C)OC)cc3c1=O)CCC2C. The molecule has 22 heteroatoms. The zero-order chi connectivity index (χ0) is 61.0. The molecule has 5 aliphatic heterocycles. The summed E-state index contributed by atoms with van der Waals surface area (Å²) >= 11 is 1.64. The van der Waals surface area contributed by atoms with Gasteiger partial charge in [0.2, 0.25) is 5.43 Å². The number of nitrogens with zero attached hydrogens (tertiary/aromatic N) is 3. The van der Waals surface area contributed by atoms with Gasteiger partial charge in [-0.3, -0.25) is 19.3 Å². The number of aryl methyl sites for hydroxylation is 1. The quantitative estimate of drug-likeness (QED) is 0.0658. The van der Waals surface area contributed by atoms with E-state index >= 15 is 0 Å². The second-order valence-electron chi connectivity index (χ2n) is 25.0. The van der Waals surface area contributed by atoms with E-state index in [0.29, 0.717) is 50.2 Å². The standard InChI is InChI=1S/C61H96N4O17S/c1-18-46-61(13)53(81-58(70)82-61)38(8)64(16)31-33(3)29-59(11,71)52(80-57-51(77-40(10)66)45(63(14)15)26-35(5)75-57)36(6)50(37(7)55(68)78-46)79-47-30-60(12,72-17)54(39(9)76-47)74-24-22-62-23-25-83-42-27-41-21-20-34(4)65-32-44(56(69)73-19-2)49(67)43(28-42)48(41)65/h27-28,32-39,45-47,50-54,57,62,71H,18-26,29-31H2,1-17H3/t33-,34?,35-,36+,37-,38-,39+,45+,46-,47?,50+,51-,52-,53+,54+,57+,59-,60-,61-/m1/s1. The van der Waals surface area contributed by atoms with Gasteiger partial charge in [-0.1, -0.05) is 20.8 Å². The number of fused-ring (bicyclic) bond motifs is 1. The van der Waals surface area contributed by atoms with E-state index in [1.807, 2.05) is 85.1 Å². The molecule has 2 unspecified atom stereocenters. The van der Waals surface area contributed by atoms with Crippen molar-refractivity contribution in [2.24, 2.45) is 17.8 Å². The third kappa shape index (κ3) is 14.9. The van der Waals surface area contributed by atoms with Gasteiger partial charge < -0.3 is 72.0 Å². The number of aliphatic hydroxyl groups is 1. The molecule has 0 bridgehead atoms. The first-order valence-electron chi connectivity index (χ1n) is 29.9. The number of carbonyl (C=O) groups is 4. The minimum absolute atomic E-state index is 0.0510. The number of hydrogen-bond donors (Lipinski definition) is 2. The minimum Gasteiger partial charge on any atom is -0.462 e. The van der Waals surface area contributed by atoms with Crippen molar-refractivity contribution in [1.29, 1.82) is 0 Å². The maximum absolute atomic E-state index is 15.0. The summed E-state index contributed by atoms with van der Waals surface area (Å²) in [5.41, 5.74) is -2.22. The second-order valence-corrected chi connectivity index (χ2v) is 26.1. The molecule has 0 aliphatic carbocycles. The summed E-state index contributed by atoms with van der Waals surface area (Å²) < 4.78 is 71.8. The molecule has 2 aromatic rings. The fourth-order valence-corrected chi connectivity index (χ4v) is 14.5. The Kier molecular flexibility index (Phi) is 22.3. The molecule has 83 heavy (non-hydrogen) atoms. The van der Waals surface area contributed by atoms with Crippen LogP contribution >= 0.6 is 11.8 Å².